The van der Waals surface area contributed by atoms with Crippen LogP contribution < -0.4 is 11.1 Å². The highest BCUT2D eigenvalue weighted by molar-refractivity contribution is 5.89. The Morgan fingerprint density at radius 1 is 1.42 bits per heavy atom. The molecule has 5 heteroatoms. The van der Waals surface area contributed by atoms with E-state index in [1.807, 2.05) is 41.1 Å². The third-order valence-electron chi connectivity index (χ3n) is 2.67. The number of rotatable bonds is 5. The molecule has 1 heterocycles. The molecule has 3 N–H and O–H groups in total. The van der Waals surface area contributed by atoms with Crippen LogP contribution in [0.25, 0.3) is 0 Å². The zero-order valence-corrected chi connectivity index (χ0v) is 10.9. The van der Waals surface area contributed by atoms with Gasteiger partial charge < -0.3 is 10.3 Å². The van der Waals surface area contributed by atoms with Gasteiger partial charge in [0, 0.05) is 24.9 Å². The second-order valence-electron chi connectivity index (χ2n) is 4.59. The molecule has 0 spiro atoms. The van der Waals surface area contributed by atoms with Gasteiger partial charge in [-0.05, 0) is 12.5 Å². The van der Waals surface area contributed by atoms with Gasteiger partial charge in [-0.2, -0.15) is 0 Å². The van der Waals surface area contributed by atoms with Gasteiger partial charge in [-0.15, -0.1) is 0 Å². The molecule has 1 aromatic carbocycles. The Labute approximate surface area is 112 Å². The third-order valence-corrected chi connectivity index (χ3v) is 2.67. The molecule has 0 aliphatic carbocycles. The van der Waals surface area contributed by atoms with Crippen LogP contribution in [0.4, 0.5) is 5.95 Å². The number of benzene rings is 1. The summed E-state index contributed by atoms with van der Waals surface area (Å²) in [6.07, 6.45) is 3.80. The number of aromatic nitrogens is 2. The van der Waals surface area contributed by atoms with Gasteiger partial charge in [0.05, 0.1) is 6.54 Å². The predicted molar refractivity (Wildman–Crippen MR) is 74.7 cm³/mol. The first-order valence-corrected chi connectivity index (χ1v) is 6.25. The lowest BCUT2D eigenvalue weighted by Gasteiger charge is -2.10. The second-order valence-corrected chi connectivity index (χ2v) is 4.59. The molecule has 0 aliphatic rings. The first-order valence-electron chi connectivity index (χ1n) is 6.25. The van der Waals surface area contributed by atoms with Crippen molar-refractivity contribution in [3.63, 3.8) is 0 Å². The number of hydrogen-bond acceptors (Lipinski definition) is 3. The Hall–Kier alpha value is -2.14. The maximum Gasteiger partial charge on any atom is 0.228 e. The zero-order chi connectivity index (χ0) is 13.7. The van der Waals surface area contributed by atoms with Crippen LogP contribution in [0.2, 0.25) is 0 Å². The van der Waals surface area contributed by atoms with Crippen LogP contribution in [0.3, 0.4) is 0 Å². The molecule has 0 radical (unpaired) electrons. The Morgan fingerprint density at radius 2 is 2.16 bits per heavy atom. The van der Waals surface area contributed by atoms with Crippen molar-refractivity contribution in [1.29, 1.82) is 0 Å². The van der Waals surface area contributed by atoms with Crippen LogP contribution in [0.15, 0.2) is 42.7 Å². The average molecular weight is 258 g/mol. The standard InChI is InChI=1S/C14H18N4O/c1-11(15)9-13(19)17-14-16-7-8-18(14)10-12-5-3-2-4-6-12/h2-8,11H,9-10,15H2,1H3,(H,16,17,19). The normalized spacial score (nSPS) is 12.1. The van der Waals surface area contributed by atoms with E-state index in [1.54, 1.807) is 13.1 Å². The number of hydrogen-bond donors (Lipinski definition) is 2. The van der Waals surface area contributed by atoms with Gasteiger partial charge in [0.2, 0.25) is 11.9 Å². The van der Waals surface area contributed by atoms with Crippen LogP contribution in [-0.4, -0.2) is 21.5 Å². The molecule has 0 fully saturated rings. The van der Waals surface area contributed by atoms with Crippen LogP contribution in [0.5, 0.6) is 0 Å². The summed E-state index contributed by atoms with van der Waals surface area (Å²) >= 11 is 0. The Kier molecular flexibility index (Phi) is 4.30. The summed E-state index contributed by atoms with van der Waals surface area (Å²) in [5, 5.41) is 2.78. The topological polar surface area (TPSA) is 72.9 Å². The molecule has 1 atom stereocenters. The molecule has 1 aromatic heterocycles. The van der Waals surface area contributed by atoms with Crippen molar-refractivity contribution >= 4 is 11.9 Å². The predicted octanol–water partition coefficient (Wildman–Crippen LogP) is 1.61. The average Bonchev–Trinajstić information content (AvgIpc) is 2.77. The zero-order valence-electron chi connectivity index (χ0n) is 10.9. The SMILES string of the molecule is CC(N)CC(=O)Nc1nccn1Cc1ccccc1. The Bertz CT molecular complexity index is 533. The molecule has 2 aromatic rings. The van der Waals surface area contributed by atoms with Gasteiger partial charge in [0.1, 0.15) is 0 Å². The van der Waals surface area contributed by atoms with E-state index in [0.29, 0.717) is 12.5 Å². The van der Waals surface area contributed by atoms with Crippen molar-refractivity contribution < 1.29 is 4.79 Å². The van der Waals surface area contributed by atoms with Crippen LogP contribution in [0.1, 0.15) is 18.9 Å². The summed E-state index contributed by atoms with van der Waals surface area (Å²) in [6, 6.07) is 9.86. The fourth-order valence-electron chi connectivity index (χ4n) is 1.81. The lowest BCUT2D eigenvalue weighted by molar-refractivity contribution is -0.116. The van der Waals surface area contributed by atoms with E-state index < -0.39 is 0 Å². The van der Waals surface area contributed by atoms with Crippen molar-refractivity contribution in [2.24, 2.45) is 5.73 Å². The van der Waals surface area contributed by atoms with Gasteiger partial charge in [0.25, 0.3) is 0 Å². The van der Waals surface area contributed by atoms with Crippen LogP contribution in [-0.2, 0) is 11.3 Å². The lowest BCUT2D eigenvalue weighted by atomic mass is 10.2. The first-order chi connectivity index (χ1) is 9.15. The van der Waals surface area contributed by atoms with Gasteiger partial charge in [-0.25, -0.2) is 4.98 Å². The molecule has 1 amide bonds. The molecule has 100 valence electrons. The summed E-state index contributed by atoms with van der Waals surface area (Å²) in [4.78, 5) is 15.8. The van der Waals surface area contributed by atoms with E-state index >= 15 is 0 Å². The lowest BCUT2D eigenvalue weighted by Crippen LogP contribution is -2.25. The highest BCUT2D eigenvalue weighted by Gasteiger charge is 2.09. The molecule has 0 saturated heterocycles. The molecule has 0 saturated carbocycles. The summed E-state index contributed by atoms with van der Waals surface area (Å²) in [5.74, 6) is 0.435. The van der Waals surface area contributed by atoms with Crippen molar-refractivity contribution in [2.45, 2.75) is 25.9 Å². The van der Waals surface area contributed by atoms with Crippen LogP contribution in [0, 0.1) is 0 Å². The Balaban J connectivity index is 2.04. The summed E-state index contributed by atoms with van der Waals surface area (Å²) < 4.78 is 1.90. The molecule has 5 nitrogen and oxygen atoms in total. The van der Waals surface area contributed by atoms with E-state index in [4.69, 9.17) is 5.73 Å². The number of nitrogens with zero attached hydrogens (tertiary/aromatic N) is 2. The second kappa shape index (κ2) is 6.15. The third kappa shape index (κ3) is 3.93. The molecule has 0 bridgehead atoms. The van der Waals surface area contributed by atoms with E-state index in [9.17, 15) is 4.79 Å². The fourth-order valence-corrected chi connectivity index (χ4v) is 1.81. The number of nitrogens with two attached hydrogens (primary N) is 1. The van der Waals surface area contributed by atoms with Gasteiger partial charge in [-0.3, -0.25) is 10.1 Å². The van der Waals surface area contributed by atoms with E-state index in [2.05, 4.69) is 10.3 Å². The molecular weight excluding hydrogens is 240 g/mol. The fraction of sp³-hybridized carbons (Fsp3) is 0.286. The highest BCUT2D eigenvalue weighted by atomic mass is 16.1. The highest BCUT2D eigenvalue weighted by Crippen LogP contribution is 2.09. The van der Waals surface area contributed by atoms with Crippen molar-refractivity contribution in [1.82, 2.24) is 9.55 Å². The molecular formula is C14H18N4O. The van der Waals surface area contributed by atoms with E-state index in [0.717, 1.165) is 5.56 Å². The minimum Gasteiger partial charge on any atom is -0.327 e. The van der Waals surface area contributed by atoms with Crippen LogP contribution >= 0.6 is 0 Å². The minimum absolute atomic E-state index is 0.115. The molecule has 0 aliphatic heterocycles. The summed E-state index contributed by atoms with van der Waals surface area (Å²) in [6.45, 7) is 2.48. The van der Waals surface area contributed by atoms with E-state index in [-0.39, 0.29) is 18.4 Å². The maximum absolute atomic E-state index is 11.7. The van der Waals surface area contributed by atoms with E-state index in [1.165, 1.54) is 0 Å². The van der Waals surface area contributed by atoms with Gasteiger partial charge >= 0.3 is 0 Å². The largest absolute Gasteiger partial charge is 0.327 e. The number of carbonyl (C=O) groups is 1. The number of imidazole rings is 1. The minimum atomic E-state index is -0.155. The molecule has 19 heavy (non-hydrogen) atoms. The number of anilines is 1. The monoisotopic (exact) mass is 258 g/mol. The summed E-state index contributed by atoms with van der Waals surface area (Å²) in [7, 11) is 0. The number of nitrogens with one attached hydrogen (secondary N) is 1. The van der Waals surface area contributed by atoms with Gasteiger partial charge in [0.15, 0.2) is 0 Å². The smallest absolute Gasteiger partial charge is 0.228 e. The number of amides is 1. The quantitative estimate of drug-likeness (QED) is 0.855. The van der Waals surface area contributed by atoms with Crippen molar-refractivity contribution in [3.8, 4) is 0 Å². The van der Waals surface area contributed by atoms with Crippen molar-refractivity contribution in [3.05, 3.63) is 48.3 Å². The summed E-state index contributed by atoms with van der Waals surface area (Å²) in [5.41, 5.74) is 6.75. The number of carbonyl (C=O) groups excluding carboxylic acids is 1. The van der Waals surface area contributed by atoms with Gasteiger partial charge in [-0.1, -0.05) is 30.3 Å². The first kappa shape index (κ1) is 13.3. The molecule has 2 rings (SSSR count). The Morgan fingerprint density at radius 3 is 2.84 bits per heavy atom. The van der Waals surface area contributed by atoms with Crippen molar-refractivity contribution in [2.75, 3.05) is 5.32 Å². The molecule has 1 unspecified atom stereocenters. The maximum atomic E-state index is 11.7.